The van der Waals surface area contributed by atoms with Crippen LogP contribution in [0.4, 0.5) is 0 Å². The van der Waals surface area contributed by atoms with Crippen LogP contribution in [0, 0.1) is 5.92 Å². The van der Waals surface area contributed by atoms with Gasteiger partial charge in [0, 0.05) is 24.2 Å². The third-order valence-electron chi connectivity index (χ3n) is 4.50. The molecule has 1 fully saturated rings. The van der Waals surface area contributed by atoms with Crippen molar-refractivity contribution >= 4 is 11.7 Å². The van der Waals surface area contributed by atoms with Crippen molar-refractivity contribution in [2.45, 2.75) is 6.42 Å². The SMILES string of the molecule is CNCC1CCN(C(=O)c2ccccc2C(=O)c2ccccc2)C1. The third kappa shape index (κ3) is 3.39. The number of hydrogen-bond donors (Lipinski definition) is 1. The first-order valence-corrected chi connectivity index (χ1v) is 8.33. The van der Waals surface area contributed by atoms with E-state index in [0.29, 0.717) is 22.6 Å². The molecule has 0 saturated carbocycles. The van der Waals surface area contributed by atoms with Gasteiger partial charge in [0.15, 0.2) is 5.78 Å². The molecule has 4 heteroatoms. The molecule has 1 heterocycles. The highest BCUT2D eigenvalue weighted by molar-refractivity contribution is 6.15. The molecule has 0 spiro atoms. The van der Waals surface area contributed by atoms with Crippen molar-refractivity contribution in [3.05, 3.63) is 71.3 Å². The van der Waals surface area contributed by atoms with Crippen molar-refractivity contribution in [3.63, 3.8) is 0 Å². The zero-order valence-electron chi connectivity index (χ0n) is 13.9. The molecule has 3 rings (SSSR count). The first-order chi connectivity index (χ1) is 11.7. The summed E-state index contributed by atoms with van der Waals surface area (Å²) in [4.78, 5) is 27.5. The van der Waals surface area contributed by atoms with Crippen LogP contribution >= 0.6 is 0 Å². The number of rotatable bonds is 5. The lowest BCUT2D eigenvalue weighted by Gasteiger charge is -2.18. The van der Waals surface area contributed by atoms with Gasteiger partial charge < -0.3 is 10.2 Å². The van der Waals surface area contributed by atoms with Gasteiger partial charge in [0.2, 0.25) is 0 Å². The monoisotopic (exact) mass is 322 g/mol. The van der Waals surface area contributed by atoms with Crippen LogP contribution in [0.3, 0.4) is 0 Å². The van der Waals surface area contributed by atoms with E-state index in [1.54, 1.807) is 30.3 Å². The lowest BCUT2D eigenvalue weighted by molar-refractivity contribution is 0.0782. The fraction of sp³-hybridized carbons (Fsp3) is 0.300. The highest BCUT2D eigenvalue weighted by Gasteiger charge is 2.28. The van der Waals surface area contributed by atoms with E-state index < -0.39 is 0 Å². The molecule has 0 aliphatic carbocycles. The quantitative estimate of drug-likeness (QED) is 0.861. The molecule has 1 aliphatic rings. The van der Waals surface area contributed by atoms with Crippen LogP contribution in [0.1, 0.15) is 32.7 Å². The predicted octanol–water partition coefficient (Wildman–Crippen LogP) is 2.60. The zero-order chi connectivity index (χ0) is 16.9. The van der Waals surface area contributed by atoms with Crippen molar-refractivity contribution in [2.75, 3.05) is 26.7 Å². The molecule has 1 aliphatic heterocycles. The van der Waals surface area contributed by atoms with Gasteiger partial charge in [-0.05, 0) is 32.0 Å². The van der Waals surface area contributed by atoms with E-state index in [9.17, 15) is 9.59 Å². The van der Waals surface area contributed by atoms with Gasteiger partial charge in [-0.3, -0.25) is 9.59 Å². The Kier molecular flexibility index (Phi) is 5.06. The van der Waals surface area contributed by atoms with Crippen molar-refractivity contribution in [1.29, 1.82) is 0 Å². The summed E-state index contributed by atoms with van der Waals surface area (Å²) in [6.45, 7) is 2.40. The van der Waals surface area contributed by atoms with E-state index in [4.69, 9.17) is 0 Å². The number of carbonyl (C=O) groups is 2. The Morgan fingerprint density at radius 3 is 2.42 bits per heavy atom. The summed E-state index contributed by atoms with van der Waals surface area (Å²) in [7, 11) is 1.93. The zero-order valence-corrected chi connectivity index (χ0v) is 13.9. The molecule has 124 valence electrons. The second kappa shape index (κ2) is 7.41. The normalized spacial score (nSPS) is 17.0. The van der Waals surface area contributed by atoms with Crippen molar-refractivity contribution < 1.29 is 9.59 Å². The van der Waals surface area contributed by atoms with Crippen molar-refractivity contribution in [3.8, 4) is 0 Å². The van der Waals surface area contributed by atoms with Gasteiger partial charge in [-0.25, -0.2) is 0 Å². The number of carbonyl (C=O) groups excluding carboxylic acids is 2. The molecule has 1 unspecified atom stereocenters. The van der Waals surface area contributed by atoms with Crippen LogP contribution in [-0.4, -0.2) is 43.3 Å². The summed E-state index contributed by atoms with van der Waals surface area (Å²) in [5.41, 5.74) is 1.58. The van der Waals surface area contributed by atoms with Gasteiger partial charge in [-0.2, -0.15) is 0 Å². The van der Waals surface area contributed by atoms with Gasteiger partial charge in [-0.15, -0.1) is 0 Å². The smallest absolute Gasteiger partial charge is 0.254 e. The Balaban J connectivity index is 1.84. The molecule has 4 nitrogen and oxygen atoms in total. The van der Waals surface area contributed by atoms with E-state index in [2.05, 4.69) is 5.32 Å². The van der Waals surface area contributed by atoms with E-state index in [1.165, 1.54) is 0 Å². The average molecular weight is 322 g/mol. The maximum absolute atomic E-state index is 12.9. The maximum atomic E-state index is 12.9. The third-order valence-corrected chi connectivity index (χ3v) is 4.50. The topological polar surface area (TPSA) is 49.4 Å². The number of ketones is 1. The van der Waals surface area contributed by atoms with E-state index in [0.717, 1.165) is 26.1 Å². The van der Waals surface area contributed by atoms with Gasteiger partial charge in [-0.1, -0.05) is 48.5 Å². The number of amides is 1. The van der Waals surface area contributed by atoms with Crippen LogP contribution in [0.5, 0.6) is 0 Å². The summed E-state index contributed by atoms with van der Waals surface area (Å²) in [6, 6.07) is 16.2. The highest BCUT2D eigenvalue weighted by Crippen LogP contribution is 2.21. The average Bonchev–Trinajstić information content (AvgIpc) is 3.10. The van der Waals surface area contributed by atoms with Gasteiger partial charge >= 0.3 is 0 Å². The molecular formula is C20H22N2O2. The summed E-state index contributed by atoms with van der Waals surface area (Å²) in [5.74, 6) is 0.329. The Bertz CT molecular complexity index is 727. The Hall–Kier alpha value is -2.46. The van der Waals surface area contributed by atoms with Gasteiger partial charge in [0.25, 0.3) is 5.91 Å². The molecule has 2 aromatic rings. The molecule has 1 N–H and O–H groups in total. The fourth-order valence-corrected chi connectivity index (χ4v) is 3.26. The fourth-order valence-electron chi connectivity index (χ4n) is 3.26. The van der Waals surface area contributed by atoms with E-state index in [1.807, 2.05) is 36.2 Å². The van der Waals surface area contributed by atoms with E-state index in [-0.39, 0.29) is 11.7 Å². The molecular weight excluding hydrogens is 300 g/mol. The number of benzene rings is 2. The minimum absolute atomic E-state index is 0.0477. The van der Waals surface area contributed by atoms with E-state index >= 15 is 0 Å². The molecule has 24 heavy (non-hydrogen) atoms. The van der Waals surface area contributed by atoms with Crippen LogP contribution in [0.15, 0.2) is 54.6 Å². The maximum Gasteiger partial charge on any atom is 0.254 e. The number of hydrogen-bond acceptors (Lipinski definition) is 3. The van der Waals surface area contributed by atoms with Crippen LogP contribution in [0.2, 0.25) is 0 Å². The molecule has 1 atom stereocenters. The highest BCUT2D eigenvalue weighted by atomic mass is 16.2. The minimum Gasteiger partial charge on any atom is -0.338 e. The molecule has 0 radical (unpaired) electrons. The Morgan fingerprint density at radius 1 is 1.04 bits per heavy atom. The molecule has 2 aromatic carbocycles. The Labute approximate surface area is 142 Å². The van der Waals surface area contributed by atoms with Crippen LogP contribution in [0.25, 0.3) is 0 Å². The van der Waals surface area contributed by atoms with Crippen LogP contribution in [-0.2, 0) is 0 Å². The molecule has 0 bridgehead atoms. The molecule has 1 amide bonds. The summed E-state index contributed by atoms with van der Waals surface area (Å²) in [5, 5.41) is 3.17. The standard InChI is InChI=1S/C20H22N2O2/c1-21-13-15-11-12-22(14-15)20(24)18-10-6-5-9-17(18)19(23)16-7-3-2-4-8-16/h2-10,15,21H,11-14H2,1H3. The molecule has 1 saturated heterocycles. The van der Waals surface area contributed by atoms with Gasteiger partial charge in [0.05, 0.1) is 5.56 Å². The lowest BCUT2D eigenvalue weighted by Crippen LogP contribution is -2.31. The summed E-state index contributed by atoms with van der Waals surface area (Å²) < 4.78 is 0. The first-order valence-electron chi connectivity index (χ1n) is 8.33. The second-order valence-corrected chi connectivity index (χ2v) is 6.20. The number of likely N-dealkylation sites (tertiary alicyclic amines) is 1. The van der Waals surface area contributed by atoms with Crippen molar-refractivity contribution in [2.24, 2.45) is 5.92 Å². The largest absolute Gasteiger partial charge is 0.338 e. The minimum atomic E-state index is -0.106. The van der Waals surface area contributed by atoms with Crippen LogP contribution < -0.4 is 5.32 Å². The lowest BCUT2D eigenvalue weighted by atomic mass is 9.97. The number of nitrogens with zero attached hydrogens (tertiary/aromatic N) is 1. The Morgan fingerprint density at radius 2 is 1.71 bits per heavy atom. The second-order valence-electron chi connectivity index (χ2n) is 6.20. The van der Waals surface area contributed by atoms with Crippen molar-refractivity contribution in [1.82, 2.24) is 10.2 Å². The molecule has 0 aromatic heterocycles. The first kappa shape index (κ1) is 16.4. The van der Waals surface area contributed by atoms with Gasteiger partial charge in [0.1, 0.15) is 0 Å². The summed E-state index contributed by atoms with van der Waals surface area (Å²) >= 11 is 0. The predicted molar refractivity (Wildman–Crippen MR) is 94.3 cm³/mol. The number of nitrogens with one attached hydrogen (secondary N) is 1. The summed E-state index contributed by atoms with van der Waals surface area (Å²) in [6.07, 6.45) is 1.00.